The summed E-state index contributed by atoms with van der Waals surface area (Å²) in [6.07, 6.45) is -0.840. The Hall–Kier alpha value is -0.990. The van der Waals surface area contributed by atoms with Gasteiger partial charge in [0, 0.05) is 31.7 Å². The van der Waals surface area contributed by atoms with Crippen LogP contribution in [0.4, 0.5) is 0 Å². The molecule has 0 radical (unpaired) electrons. The smallest absolute Gasteiger partial charge is 0.154 e. The Labute approximate surface area is 143 Å². The van der Waals surface area contributed by atoms with Crippen molar-refractivity contribution in [3.63, 3.8) is 0 Å². The van der Waals surface area contributed by atoms with Gasteiger partial charge < -0.3 is 15.2 Å². The molecule has 2 heterocycles. The molecular formula is C17H26N2O4S. The maximum absolute atomic E-state index is 11.8. The summed E-state index contributed by atoms with van der Waals surface area (Å²) >= 11 is 0. The minimum absolute atomic E-state index is 0.000358. The van der Waals surface area contributed by atoms with Crippen molar-refractivity contribution in [3.05, 3.63) is 35.4 Å². The highest BCUT2D eigenvalue weighted by molar-refractivity contribution is 7.91. The molecule has 0 amide bonds. The summed E-state index contributed by atoms with van der Waals surface area (Å²) < 4.78 is 29.0. The molecule has 0 aromatic heterocycles. The molecule has 1 aromatic rings. The number of sulfone groups is 1. The molecule has 0 aliphatic carbocycles. The van der Waals surface area contributed by atoms with Crippen molar-refractivity contribution in [2.24, 2.45) is 0 Å². The van der Waals surface area contributed by atoms with E-state index in [9.17, 15) is 13.5 Å². The number of aryl methyl sites for hydroxylation is 1. The first-order valence-electron chi connectivity index (χ1n) is 8.44. The molecule has 0 saturated carbocycles. The third-order valence-electron chi connectivity index (χ3n) is 4.76. The van der Waals surface area contributed by atoms with Gasteiger partial charge in [0.2, 0.25) is 0 Å². The monoisotopic (exact) mass is 354 g/mol. The summed E-state index contributed by atoms with van der Waals surface area (Å²) in [6, 6.07) is 7.84. The quantitative estimate of drug-likeness (QED) is 0.782. The molecular weight excluding hydrogens is 328 g/mol. The normalized spacial score (nSPS) is 28.8. The molecule has 6 nitrogen and oxygen atoms in total. The summed E-state index contributed by atoms with van der Waals surface area (Å²) in [5.74, 6) is -0.150. The lowest BCUT2D eigenvalue weighted by Crippen LogP contribution is -2.47. The highest BCUT2D eigenvalue weighted by Crippen LogP contribution is 2.21. The second-order valence-corrected chi connectivity index (χ2v) is 8.95. The molecule has 3 rings (SSSR count). The van der Waals surface area contributed by atoms with Gasteiger partial charge in [-0.05, 0) is 12.5 Å². The van der Waals surface area contributed by atoms with Gasteiger partial charge in [0.1, 0.15) is 0 Å². The number of rotatable bonds is 5. The predicted molar refractivity (Wildman–Crippen MR) is 92.8 cm³/mol. The topological polar surface area (TPSA) is 78.9 Å². The van der Waals surface area contributed by atoms with Crippen LogP contribution in [-0.4, -0.2) is 74.9 Å². The van der Waals surface area contributed by atoms with Crippen LogP contribution >= 0.6 is 0 Å². The summed E-state index contributed by atoms with van der Waals surface area (Å²) in [4.78, 5) is 2.32. The first-order valence-corrected chi connectivity index (χ1v) is 10.3. The standard InChI is InChI=1S/C17H26N2O4S/c1-13-2-4-14(5-3-13)15(10-19-6-8-23-9-7-19)18-16-11-24(21,22)12-17(16)20/h2-5,15-18,20H,6-12H2,1H3/t15-,16-,17-/m0/s1. The van der Waals surface area contributed by atoms with Gasteiger partial charge in [-0.1, -0.05) is 29.8 Å². The van der Waals surface area contributed by atoms with Crippen molar-refractivity contribution < 1.29 is 18.3 Å². The van der Waals surface area contributed by atoms with Crippen LogP contribution in [0.15, 0.2) is 24.3 Å². The van der Waals surface area contributed by atoms with Crippen LogP contribution in [0.5, 0.6) is 0 Å². The molecule has 3 atom stereocenters. The fourth-order valence-electron chi connectivity index (χ4n) is 3.34. The average Bonchev–Trinajstić information content (AvgIpc) is 2.80. The maximum atomic E-state index is 11.8. The van der Waals surface area contributed by atoms with Crippen molar-refractivity contribution in [1.29, 1.82) is 0 Å². The number of nitrogens with zero attached hydrogens (tertiary/aromatic N) is 1. The minimum atomic E-state index is -3.16. The highest BCUT2D eigenvalue weighted by atomic mass is 32.2. The van der Waals surface area contributed by atoms with Gasteiger partial charge in [0.15, 0.2) is 9.84 Å². The molecule has 2 saturated heterocycles. The van der Waals surface area contributed by atoms with Crippen LogP contribution in [0.25, 0.3) is 0 Å². The fraction of sp³-hybridized carbons (Fsp3) is 0.647. The van der Waals surface area contributed by atoms with Gasteiger partial charge in [-0.3, -0.25) is 4.90 Å². The first kappa shape index (κ1) is 17.8. The Morgan fingerprint density at radius 3 is 2.50 bits per heavy atom. The fourth-order valence-corrected chi connectivity index (χ4v) is 5.10. The number of morpholine rings is 1. The number of hydrogen-bond donors (Lipinski definition) is 2. The van der Waals surface area contributed by atoms with Gasteiger partial charge >= 0.3 is 0 Å². The average molecular weight is 354 g/mol. The van der Waals surface area contributed by atoms with Crippen LogP contribution in [0.1, 0.15) is 17.2 Å². The lowest BCUT2D eigenvalue weighted by atomic mass is 10.0. The molecule has 134 valence electrons. The largest absolute Gasteiger partial charge is 0.390 e. The number of aliphatic hydroxyl groups excluding tert-OH is 1. The Balaban J connectivity index is 1.75. The summed E-state index contributed by atoms with van der Waals surface area (Å²) in [5, 5.41) is 13.5. The summed E-state index contributed by atoms with van der Waals surface area (Å²) in [6.45, 7) is 6.00. The molecule has 2 fully saturated rings. The second-order valence-electron chi connectivity index (χ2n) is 6.79. The summed E-state index contributed by atoms with van der Waals surface area (Å²) in [5.41, 5.74) is 2.30. The zero-order valence-electron chi connectivity index (χ0n) is 14.0. The zero-order chi connectivity index (χ0) is 17.2. The van der Waals surface area contributed by atoms with Crippen LogP contribution in [-0.2, 0) is 14.6 Å². The molecule has 1 aromatic carbocycles. The van der Waals surface area contributed by atoms with Gasteiger partial charge in [-0.2, -0.15) is 0 Å². The van der Waals surface area contributed by atoms with E-state index >= 15 is 0 Å². The SMILES string of the molecule is Cc1ccc([C@H](CN2CCOCC2)N[C@H]2CS(=O)(=O)C[C@@H]2O)cc1. The molecule has 0 unspecified atom stereocenters. The van der Waals surface area contributed by atoms with Crippen LogP contribution in [0.2, 0.25) is 0 Å². The van der Waals surface area contributed by atoms with Crippen LogP contribution in [0.3, 0.4) is 0 Å². The van der Waals surface area contributed by atoms with E-state index in [-0.39, 0.29) is 17.5 Å². The third kappa shape index (κ3) is 4.55. The van der Waals surface area contributed by atoms with Crippen molar-refractivity contribution in [1.82, 2.24) is 10.2 Å². The molecule has 0 bridgehead atoms. The Morgan fingerprint density at radius 1 is 1.25 bits per heavy atom. The Kier molecular flexibility index (Phi) is 5.56. The van der Waals surface area contributed by atoms with Crippen molar-refractivity contribution in [2.75, 3.05) is 44.4 Å². The van der Waals surface area contributed by atoms with Crippen LogP contribution in [0, 0.1) is 6.92 Å². The number of aliphatic hydroxyl groups is 1. The molecule has 7 heteroatoms. The predicted octanol–water partition coefficient (Wildman–Crippen LogP) is 0.116. The molecule has 2 aliphatic rings. The van der Waals surface area contributed by atoms with E-state index < -0.39 is 22.0 Å². The number of ether oxygens (including phenoxy) is 1. The van der Waals surface area contributed by atoms with E-state index in [1.807, 2.05) is 6.92 Å². The lowest BCUT2D eigenvalue weighted by molar-refractivity contribution is 0.0317. The van der Waals surface area contributed by atoms with Gasteiger partial charge in [0.25, 0.3) is 0 Å². The second kappa shape index (κ2) is 7.49. The van der Waals surface area contributed by atoms with Crippen molar-refractivity contribution >= 4 is 9.84 Å². The third-order valence-corrected chi connectivity index (χ3v) is 6.48. The highest BCUT2D eigenvalue weighted by Gasteiger charge is 2.37. The van der Waals surface area contributed by atoms with Gasteiger partial charge in [-0.15, -0.1) is 0 Å². The maximum Gasteiger partial charge on any atom is 0.154 e. The van der Waals surface area contributed by atoms with E-state index in [0.29, 0.717) is 0 Å². The van der Waals surface area contributed by atoms with E-state index in [0.717, 1.165) is 38.4 Å². The Bertz CT molecular complexity index is 641. The zero-order valence-corrected chi connectivity index (χ0v) is 14.8. The lowest BCUT2D eigenvalue weighted by Gasteiger charge is -2.33. The van der Waals surface area contributed by atoms with E-state index in [1.165, 1.54) is 5.56 Å². The molecule has 2 N–H and O–H groups in total. The summed E-state index contributed by atoms with van der Waals surface area (Å²) in [7, 11) is -3.16. The molecule has 2 aliphatic heterocycles. The molecule has 0 spiro atoms. The van der Waals surface area contributed by atoms with Gasteiger partial charge in [-0.25, -0.2) is 8.42 Å². The van der Waals surface area contributed by atoms with Crippen LogP contribution < -0.4 is 5.32 Å². The number of hydrogen-bond acceptors (Lipinski definition) is 6. The van der Waals surface area contributed by atoms with E-state index in [1.54, 1.807) is 0 Å². The first-order chi connectivity index (χ1) is 11.4. The Morgan fingerprint density at radius 2 is 1.92 bits per heavy atom. The molecule has 24 heavy (non-hydrogen) atoms. The van der Waals surface area contributed by atoms with Gasteiger partial charge in [0.05, 0.1) is 30.8 Å². The van der Waals surface area contributed by atoms with Crippen molar-refractivity contribution in [3.8, 4) is 0 Å². The van der Waals surface area contributed by atoms with E-state index in [4.69, 9.17) is 4.74 Å². The van der Waals surface area contributed by atoms with Crippen molar-refractivity contribution in [2.45, 2.75) is 25.1 Å². The minimum Gasteiger partial charge on any atom is -0.390 e. The number of benzene rings is 1. The van der Waals surface area contributed by atoms with E-state index in [2.05, 4.69) is 34.5 Å². The number of nitrogens with one attached hydrogen (secondary N) is 1.